The van der Waals surface area contributed by atoms with Gasteiger partial charge in [0.1, 0.15) is 0 Å². The predicted molar refractivity (Wildman–Crippen MR) is 183 cm³/mol. The Morgan fingerprint density at radius 1 is 0.745 bits per heavy atom. The van der Waals surface area contributed by atoms with Gasteiger partial charge in [0.05, 0.1) is 60.3 Å². The number of rotatable bonds is 8. The Kier molecular flexibility index (Phi) is 11.1. The summed E-state index contributed by atoms with van der Waals surface area (Å²) in [6.45, 7) is 12.3. The van der Waals surface area contributed by atoms with E-state index in [1.807, 2.05) is 45.9 Å². The van der Waals surface area contributed by atoms with E-state index in [9.17, 15) is 14.7 Å². The monoisotopic (exact) mass is 680 g/mol. The van der Waals surface area contributed by atoms with E-state index in [2.05, 4.69) is 18.8 Å². The van der Waals surface area contributed by atoms with Gasteiger partial charge in [0, 0.05) is 40.7 Å². The molecule has 10 heteroatoms. The number of aliphatic imine (C=N–C) groups is 3. The number of fused-ring (bicyclic) bond motifs is 5. The standard InChI is InChI=1S/C37H42N4O5.Ni/c1-9-23-22(6)36-27(18-42)37-24(10-2)19(3)30(40-37)15-28-20(4)25(11-13-34(43)45-7)32(38-28)17-33-26(12-14-35(44)46-8)21(5)29(39-33)16-31(23)41-36;/h15-18,39,42H,9-14H2,1-8H3;. The van der Waals surface area contributed by atoms with Crippen LogP contribution in [0.4, 0.5) is 0 Å². The molecule has 5 heterocycles. The number of carbonyl (C=O) groups excluding carboxylic acids is 2. The second-order valence-corrected chi connectivity index (χ2v) is 11.8. The minimum absolute atomic E-state index is 0. The number of methoxy groups -OCH3 is 2. The molecule has 5 rings (SSSR count). The number of esters is 2. The Bertz CT molecular complexity index is 1850. The molecule has 0 saturated heterocycles. The molecule has 0 unspecified atom stereocenters. The van der Waals surface area contributed by atoms with Crippen molar-refractivity contribution in [1.29, 1.82) is 0 Å². The summed E-state index contributed by atoms with van der Waals surface area (Å²) >= 11 is 0. The third-order valence-corrected chi connectivity index (χ3v) is 9.34. The van der Waals surface area contributed by atoms with E-state index in [1.54, 1.807) is 0 Å². The van der Waals surface area contributed by atoms with Crippen LogP contribution in [0.25, 0.3) is 12.2 Å². The number of aliphatic hydroxyl groups excluding tert-OH is 1. The van der Waals surface area contributed by atoms with E-state index in [0.29, 0.717) is 29.8 Å². The van der Waals surface area contributed by atoms with E-state index in [4.69, 9.17) is 24.5 Å². The predicted octanol–water partition coefficient (Wildman–Crippen LogP) is 7.53. The van der Waals surface area contributed by atoms with Crippen molar-refractivity contribution in [2.75, 3.05) is 14.2 Å². The van der Waals surface area contributed by atoms with Crippen LogP contribution in [0.15, 0.2) is 83.4 Å². The van der Waals surface area contributed by atoms with E-state index in [1.165, 1.54) is 14.2 Å². The zero-order valence-electron chi connectivity index (χ0n) is 28.3. The van der Waals surface area contributed by atoms with Gasteiger partial charge in [-0.2, -0.15) is 0 Å². The number of ether oxygens (including phenoxy) is 2. The molecular formula is C37H42N4NiO5. The molecule has 0 aliphatic carbocycles. The van der Waals surface area contributed by atoms with Crippen LogP contribution >= 0.6 is 0 Å². The second kappa shape index (κ2) is 14.6. The molecule has 0 radical (unpaired) electrons. The average Bonchev–Trinajstić information content (AvgIpc) is 3.72. The molecule has 1 aromatic rings. The molecule has 8 bridgehead atoms. The van der Waals surface area contributed by atoms with Crippen molar-refractivity contribution in [2.45, 2.75) is 80.1 Å². The SMILES string of the molecule is CCC1=C(C)C2=NC1=Cc1[nH]c(c(CCC(=O)OC)c1C)C=C1N=C(C=C3N=C(C2=CO)C(CC)=C3C)C(C)=C1CCC(=O)OC.[Ni]. The number of hydrogen-bond donors (Lipinski definition) is 2. The number of H-pyrrole nitrogens is 1. The Balaban J connectivity index is 0.00000500. The quantitative estimate of drug-likeness (QED) is 0.167. The van der Waals surface area contributed by atoms with E-state index < -0.39 is 0 Å². The minimum atomic E-state index is -0.292. The first-order valence-electron chi connectivity index (χ1n) is 15.8. The zero-order chi connectivity index (χ0) is 33.3. The largest absolute Gasteiger partial charge is 0.515 e. The minimum Gasteiger partial charge on any atom is -0.515 e. The number of allylic oxidation sites excluding steroid dienone is 8. The first-order valence-corrected chi connectivity index (χ1v) is 15.8. The summed E-state index contributed by atoms with van der Waals surface area (Å²) in [5, 5.41) is 10.7. The summed E-state index contributed by atoms with van der Waals surface area (Å²) in [7, 11) is 2.79. The summed E-state index contributed by atoms with van der Waals surface area (Å²) < 4.78 is 9.91. The number of hydrogen-bond acceptors (Lipinski definition) is 8. The third-order valence-electron chi connectivity index (χ3n) is 9.34. The van der Waals surface area contributed by atoms with E-state index in [-0.39, 0.29) is 41.3 Å². The van der Waals surface area contributed by atoms with Crippen molar-refractivity contribution in [3.05, 3.63) is 91.0 Å². The first kappa shape index (κ1) is 35.6. The summed E-state index contributed by atoms with van der Waals surface area (Å²) in [6, 6.07) is 0. The Morgan fingerprint density at radius 2 is 1.34 bits per heavy atom. The van der Waals surface area contributed by atoms with Crippen LogP contribution < -0.4 is 0 Å². The van der Waals surface area contributed by atoms with Crippen LogP contribution in [0.5, 0.6) is 0 Å². The van der Waals surface area contributed by atoms with Crippen LogP contribution in [-0.4, -0.2) is 53.4 Å². The Labute approximate surface area is 286 Å². The van der Waals surface area contributed by atoms with Gasteiger partial charge >= 0.3 is 11.9 Å². The van der Waals surface area contributed by atoms with Gasteiger partial charge in [-0.25, -0.2) is 15.0 Å². The van der Waals surface area contributed by atoms with Gasteiger partial charge in [0.15, 0.2) is 0 Å². The van der Waals surface area contributed by atoms with Crippen LogP contribution in [0.1, 0.15) is 89.2 Å². The van der Waals surface area contributed by atoms with Crippen molar-refractivity contribution in [2.24, 2.45) is 15.0 Å². The number of aromatic amines is 1. The molecular weight excluding hydrogens is 639 g/mol. The summed E-state index contributed by atoms with van der Waals surface area (Å²) in [5.41, 5.74) is 14.8. The van der Waals surface area contributed by atoms with Crippen LogP contribution in [0.2, 0.25) is 0 Å². The molecule has 4 aliphatic rings. The summed E-state index contributed by atoms with van der Waals surface area (Å²) in [4.78, 5) is 43.2. The normalized spacial score (nSPS) is 18.1. The van der Waals surface area contributed by atoms with Gasteiger partial charge in [-0.3, -0.25) is 9.59 Å². The molecule has 250 valence electrons. The molecule has 2 N–H and O–H groups in total. The fourth-order valence-corrected chi connectivity index (χ4v) is 6.60. The molecule has 4 aliphatic heterocycles. The fourth-order valence-electron chi connectivity index (χ4n) is 6.60. The average molecular weight is 681 g/mol. The fraction of sp³-hybridized carbons (Fsp3) is 0.378. The smallest absolute Gasteiger partial charge is 0.305 e. The van der Waals surface area contributed by atoms with Gasteiger partial charge in [-0.1, -0.05) is 13.8 Å². The van der Waals surface area contributed by atoms with Crippen LogP contribution in [-0.2, 0) is 42.0 Å². The van der Waals surface area contributed by atoms with Crippen molar-refractivity contribution < 1.29 is 40.7 Å². The van der Waals surface area contributed by atoms with Gasteiger partial charge in [0.2, 0.25) is 0 Å². The Morgan fingerprint density at radius 3 is 1.96 bits per heavy atom. The molecule has 0 fully saturated rings. The maximum Gasteiger partial charge on any atom is 0.305 e. The Hall–Kier alpha value is -4.30. The van der Waals surface area contributed by atoms with E-state index >= 15 is 0 Å². The van der Waals surface area contributed by atoms with Gasteiger partial charge < -0.3 is 19.6 Å². The van der Waals surface area contributed by atoms with Gasteiger partial charge in [-0.15, -0.1) is 0 Å². The number of carbonyl (C=O) groups is 2. The molecule has 0 amide bonds. The summed E-state index contributed by atoms with van der Waals surface area (Å²) in [5.74, 6) is -0.578. The molecule has 0 atom stereocenters. The molecule has 0 aromatic carbocycles. The first-order chi connectivity index (χ1) is 22.1. The third kappa shape index (κ3) is 6.61. The van der Waals surface area contributed by atoms with Gasteiger partial charge in [-0.05, 0) is 116 Å². The molecule has 0 saturated carbocycles. The molecule has 9 nitrogen and oxygen atoms in total. The number of nitrogens with one attached hydrogen (secondary N) is 1. The molecule has 47 heavy (non-hydrogen) atoms. The molecule has 1 aromatic heterocycles. The second-order valence-electron chi connectivity index (χ2n) is 11.8. The maximum atomic E-state index is 12.2. The van der Waals surface area contributed by atoms with Crippen molar-refractivity contribution >= 4 is 41.2 Å². The van der Waals surface area contributed by atoms with Crippen LogP contribution in [0, 0.1) is 6.92 Å². The number of nitrogens with zero attached hydrogens (tertiary/aromatic N) is 3. The van der Waals surface area contributed by atoms with Gasteiger partial charge in [0.25, 0.3) is 0 Å². The van der Waals surface area contributed by atoms with Crippen molar-refractivity contribution in [1.82, 2.24) is 4.98 Å². The topological polar surface area (TPSA) is 126 Å². The number of aliphatic hydroxyl groups is 1. The number of aromatic nitrogens is 1. The van der Waals surface area contributed by atoms with Crippen molar-refractivity contribution in [3.63, 3.8) is 0 Å². The summed E-state index contributed by atoms with van der Waals surface area (Å²) in [6.07, 6.45) is 10.0. The van der Waals surface area contributed by atoms with Crippen LogP contribution in [0.3, 0.4) is 0 Å². The maximum absolute atomic E-state index is 12.2. The van der Waals surface area contributed by atoms with Crippen molar-refractivity contribution in [3.8, 4) is 0 Å². The van der Waals surface area contributed by atoms with E-state index in [0.717, 1.165) is 97.9 Å². The molecule has 0 spiro atoms. The zero-order valence-corrected chi connectivity index (χ0v) is 29.3.